The Balaban J connectivity index is 1.85. The van der Waals surface area contributed by atoms with Crippen LogP contribution in [0.4, 0.5) is 0 Å². The Hall–Kier alpha value is -0.160. The molecule has 0 saturated carbocycles. The third kappa shape index (κ3) is 5.99. The Kier molecular flexibility index (Phi) is 10.4. The first-order valence-electron chi connectivity index (χ1n) is 11.9. The molecule has 0 N–H and O–H groups in total. The lowest BCUT2D eigenvalue weighted by Gasteiger charge is -2.17. The summed E-state index contributed by atoms with van der Waals surface area (Å²) in [4.78, 5) is 3.10. The molecule has 0 spiro atoms. The average molecular weight is 479 g/mol. The van der Waals surface area contributed by atoms with Crippen molar-refractivity contribution in [1.82, 2.24) is 0 Å². The van der Waals surface area contributed by atoms with Crippen molar-refractivity contribution in [1.29, 1.82) is 0 Å². The summed E-state index contributed by atoms with van der Waals surface area (Å²) in [7, 11) is 0. The summed E-state index contributed by atoms with van der Waals surface area (Å²) in [6.07, 6.45) is 10.7. The molecule has 166 valence electrons. The van der Waals surface area contributed by atoms with E-state index in [1.807, 2.05) is 22.7 Å². The van der Waals surface area contributed by atoms with E-state index in [9.17, 15) is 0 Å². The van der Waals surface area contributed by atoms with Crippen molar-refractivity contribution >= 4 is 66.4 Å². The molecular weight excluding hydrogens is 441 g/mol. The number of hydrogen-bond donors (Lipinski definition) is 0. The monoisotopic (exact) mass is 478 g/mol. The van der Waals surface area contributed by atoms with E-state index in [0.717, 1.165) is 11.8 Å². The minimum Gasteiger partial charge on any atom is -0.143 e. The Morgan fingerprint density at radius 1 is 0.700 bits per heavy atom. The molecule has 2 atom stereocenters. The van der Waals surface area contributed by atoms with Gasteiger partial charge in [0, 0.05) is 41.5 Å². The van der Waals surface area contributed by atoms with Crippen LogP contribution in [-0.4, -0.2) is 11.5 Å². The summed E-state index contributed by atoms with van der Waals surface area (Å²) in [5, 5.41) is 7.64. The van der Waals surface area contributed by atoms with Crippen molar-refractivity contribution in [2.24, 2.45) is 11.8 Å². The Morgan fingerprint density at radius 2 is 1.13 bits per heavy atom. The molecule has 0 saturated heterocycles. The molecule has 2 unspecified atom stereocenters. The fourth-order valence-electron chi connectivity index (χ4n) is 4.06. The van der Waals surface area contributed by atoms with Crippen molar-refractivity contribution in [3.63, 3.8) is 0 Å². The lowest BCUT2D eigenvalue weighted by molar-refractivity contribution is 0.499. The third-order valence-corrected chi connectivity index (χ3v) is 11.1. The van der Waals surface area contributed by atoms with Gasteiger partial charge in [0.05, 0.1) is 0 Å². The normalized spacial score (nSPS) is 14.0. The van der Waals surface area contributed by atoms with Gasteiger partial charge >= 0.3 is 0 Å². The molecule has 0 amide bonds. The number of unbranched alkanes of at least 4 members (excludes halogenated alkanes) is 2. The molecule has 0 aliphatic carbocycles. The average Bonchev–Trinajstić information content (AvgIpc) is 3.44. The summed E-state index contributed by atoms with van der Waals surface area (Å²) >= 11 is 8.15. The van der Waals surface area contributed by atoms with Gasteiger partial charge < -0.3 is 0 Å². The van der Waals surface area contributed by atoms with E-state index in [2.05, 4.69) is 74.1 Å². The molecule has 3 aromatic rings. The van der Waals surface area contributed by atoms with E-state index in [4.69, 9.17) is 0 Å². The highest BCUT2D eigenvalue weighted by molar-refractivity contribution is 8.00. The zero-order valence-corrected chi connectivity index (χ0v) is 22.4. The van der Waals surface area contributed by atoms with E-state index in [1.54, 1.807) is 9.79 Å². The Labute approximate surface area is 200 Å². The van der Waals surface area contributed by atoms with Gasteiger partial charge in [-0.3, -0.25) is 0 Å². The standard InChI is InChI=1S/C26H38S4/c1-5-9-11-19(7-3)17-29-25-21-13-15-28-24(21)26(22-14-16-27-23(22)25)30-18-20(8-4)12-10-6-2/h13-16,19-20H,5-12,17-18H2,1-4H3. The highest BCUT2D eigenvalue weighted by Gasteiger charge is 2.19. The molecule has 0 bridgehead atoms. The van der Waals surface area contributed by atoms with E-state index >= 15 is 0 Å². The fourth-order valence-corrected chi connectivity index (χ4v) is 9.28. The molecule has 2 heterocycles. The molecule has 3 rings (SSSR count). The van der Waals surface area contributed by atoms with Crippen LogP contribution in [0, 0.1) is 11.8 Å². The highest BCUT2D eigenvalue weighted by Crippen LogP contribution is 2.47. The van der Waals surface area contributed by atoms with E-state index in [1.165, 1.54) is 83.0 Å². The predicted molar refractivity (Wildman–Crippen MR) is 145 cm³/mol. The molecule has 0 aliphatic heterocycles. The van der Waals surface area contributed by atoms with Crippen molar-refractivity contribution in [3.8, 4) is 0 Å². The molecule has 0 aliphatic rings. The van der Waals surface area contributed by atoms with Crippen molar-refractivity contribution in [2.45, 2.75) is 88.9 Å². The summed E-state index contributed by atoms with van der Waals surface area (Å²) in [5.74, 6) is 4.21. The van der Waals surface area contributed by atoms with E-state index < -0.39 is 0 Å². The maximum atomic E-state index is 2.38. The molecule has 1 aromatic carbocycles. The van der Waals surface area contributed by atoms with Crippen LogP contribution in [0.3, 0.4) is 0 Å². The maximum Gasteiger partial charge on any atom is 0.0496 e. The van der Waals surface area contributed by atoms with Crippen LogP contribution in [0.2, 0.25) is 0 Å². The number of benzene rings is 1. The van der Waals surface area contributed by atoms with Gasteiger partial charge in [0.2, 0.25) is 0 Å². The van der Waals surface area contributed by atoms with Gasteiger partial charge in [0.1, 0.15) is 0 Å². The van der Waals surface area contributed by atoms with Gasteiger partial charge in [-0.05, 0) is 47.6 Å². The number of rotatable bonds is 14. The molecule has 2 aromatic heterocycles. The first-order chi connectivity index (χ1) is 14.7. The zero-order chi connectivity index (χ0) is 21.3. The van der Waals surface area contributed by atoms with Crippen molar-refractivity contribution < 1.29 is 0 Å². The van der Waals surface area contributed by atoms with Crippen LogP contribution >= 0.6 is 46.2 Å². The van der Waals surface area contributed by atoms with Gasteiger partial charge in [-0.1, -0.05) is 66.2 Å². The van der Waals surface area contributed by atoms with Gasteiger partial charge in [-0.25, -0.2) is 0 Å². The van der Waals surface area contributed by atoms with E-state index in [0.29, 0.717) is 0 Å². The van der Waals surface area contributed by atoms with Gasteiger partial charge in [-0.2, -0.15) is 0 Å². The van der Waals surface area contributed by atoms with Crippen LogP contribution in [0.25, 0.3) is 20.2 Å². The lowest BCUT2D eigenvalue weighted by Crippen LogP contribution is -2.03. The third-order valence-electron chi connectivity index (χ3n) is 6.25. The second-order valence-electron chi connectivity index (χ2n) is 8.44. The smallest absolute Gasteiger partial charge is 0.0496 e. The first-order valence-corrected chi connectivity index (χ1v) is 15.6. The molecule has 4 heteroatoms. The SMILES string of the molecule is CCCCC(CC)CSc1c2ccsc2c(SCC(CC)CCCC)c2ccsc12. The first kappa shape index (κ1) is 24.5. The number of fused-ring (bicyclic) bond motifs is 2. The fraction of sp³-hybridized carbons (Fsp3) is 0.615. The van der Waals surface area contributed by atoms with Crippen molar-refractivity contribution in [2.75, 3.05) is 11.5 Å². The highest BCUT2D eigenvalue weighted by atomic mass is 32.2. The predicted octanol–water partition coefficient (Wildman–Crippen LogP) is 10.7. The van der Waals surface area contributed by atoms with Gasteiger partial charge in [0.25, 0.3) is 0 Å². The Bertz CT molecular complexity index is 770. The van der Waals surface area contributed by atoms with Gasteiger partial charge in [0.15, 0.2) is 0 Å². The Morgan fingerprint density at radius 3 is 1.50 bits per heavy atom. The zero-order valence-electron chi connectivity index (χ0n) is 19.2. The number of thiophene rings is 2. The summed E-state index contributed by atoms with van der Waals surface area (Å²) in [6.45, 7) is 9.35. The summed E-state index contributed by atoms with van der Waals surface area (Å²) < 4.78 is 3.06. The molecular formula is C26H38S4. The summed E-state index contributed by atoms with van der Waals surface area (Å²) in [6, 6.07) is 4.76. The van der Waals surface area contributed by atoms with Crippen LogP contribution in [0.1, 0.15) is 79.1 Å². The van der Waals surface area contributed by atoms with Crippen molar-refractivity contribution in [3.05, 3.63) is 22.9 Å². The lowest BCUT2D eigenvalue weighted by atomic mass is 10.0. The molecule has 30 heavy (non-hydrogen) atoms. The molecule has 0 nitrogen and oxygen atoms in total. The number of hydrogen-bond acceptors (Lipinski definition) is 4. The largest absolute Gasteiger partial charge is 0.143 e. The minimum atomic E-state index is 0.844. The van der Waals surface area contributed by atoms with Crippen LogP contribution in [0.15, 0.2) is 32.7 Å². The van der Waals surface area contributed by atoms with Crippen LogP contribution < -0.4 is 0 Å². The number of thioether (sulfide) groups is 2. The quantitative estimate of drug-likeness (QED) is 0.211. The van der Waals surface area contributed by atoms with Crippen LogP contribution in [0.5, 0.6) is 0 Å². The summed E-state index contributed by atoms with van der Waals surface area (Å²) in [5.41, 5.74) is 0. The van der Waals surface area contributed by atoms with E-state index in [-0.39, 0.29) is 0 Å². The second-order valence-corrected chi connectivity index (χ2v) is 12.3. The second kappa shape index (κ2) is 12.8. The maximum absolute atomic E-state index is 2.38. The van der Waals surface area contributed by atoms with Crippen LogP contribution in [-0.2, 0) is 0 Å². The molecule has 0 fully saturated rings. The minimum absolute atomic E-state index is 0.844. The molecule has 0 radical (unpaired) electrons. The topological polar surface area (TPSA) is 0 Å². The van der Waals surface area contributed by atoms with Gasteiger partial charge in [-0.15, -0.1) is 46.2 Å².